The number of anilines is 1. The number of aromatic nitrogens is 1. The van der Waals surface area contributed by atoms with Gasteiger partial charge in [-0.2, -0.15) is 0 Å². The summed E-state index contributed by atoms with van der Waals surface area (Å²) >= 11 is 0. The van der Waals surface area contributed by atoms with E-state index in [1.807, 2.05) is 36.5 Å². The van der Waals surface area contributed by atoms with E-state index in [2.05, 4.69) is 10.5 Å². The number of nitrogens with zero attached hydrogens (tertiary/aromatic N) is 1. The third kappa shape index (κ3) is 4.06. The molecule has 0 aliphatic rings. The predicted molar refractivity (Wildman–Crippen MR) is 78.1 cm³/mol. The predicted octanol–water partition coefficient (Wildman–Crippen LogP) is 1.25. The van der Waals surface area contributed by atoms with Crippen LogP contribution in [-0.2, 0) is 4.79 Å². The molecule has 1 aromatic heterocycles. The van der Waals surface area contributed by atoms with Gasteiger partial charge in [0.1, 0.15) is 17.6 Å². The Morgan fingerprint density at radius 2 is 2.24 bits per heavy atom. The van der Waals surface area contributed by atoms with Crippen LogP contribution in [0.3, 0.4) is 0 Å². The molecule has 6 heteroatoms. The lowest BCUT2D eigenvalue weighted by atomic mass is 10.1. The van der Waals surface area contributed by atoms with E-state index >= 15 is 0 Å². The lowest BCUT2D eigenvalue weighted by Crippen LogP contribution is -2.86. The molecule has 1 aromatic carbocycles. The molecule has 0 saturated carbocycles. The van der Waals surface area contributed by atoms with Crippen LogP contribution in [0.25, 0.3) is 0 Å². The second-order valence-corrected chi connectivity index (χ2v) is 4.84. The number of nitrogens with one attached hydrogen (secondary N) is 1. The smallest absolute Gasteiger partial charge is 0.280 e. The van der Waals surface area contributed by atoms with Crippen LogP contribution < -0.4 is 15.4 Å². The van der Waals surface area contributed by atoms with Gasteiger partial charge in [-0.05, 0) is 26.0 Å². The molecule has 0 saturated heterocycles. The first-order valence-electron chi connectivity index (χ1n) is 6.79. The fourth-order valence-corrected chi connectivity index (χ4v) is 2.07. The Labute approximate surface area is 123 Å². The van der Waals surface area contributed by atoms with Crippen molar-refractivity contribution >= 4 is 11.7 Å². The number of quaternary nitrogens is 1. The van der Waals surface area contributed by atoms with Crippen molar-refractivity contribution in [3.8, 4) is 5.75 Å². The quantitative estimate of drug-likeness (QED) is 0.839. The Hall–Kier alpha value is -2.34. The van der Waals surface area contributed by atoms with Gasteiger partial charge in [-0.15, -0.1) is 0 Å². The summed E-state index contributed by atoms with van der Waals surface area (Å²) in [6.45, 7) is 4.11. The van der Waals surface area contributed by atoms with Crippen LogP contribution in [0.2, 0.25) is 0 Å². The number of rotatable bonds is 6. The Balaban J connectivity index is 1.88. The highest BCUT2D eigenvalue weighted by Crippen LogP contribution is 2.21. The number of hydrogen-bond acceptors (Lipinski definition) is 4. The van der Waals surface area contributed by atoms with Crippen molar-refractivity contribution in [3.05, 3.63) is 41.7 Å². The molecule has 21 heavy (non-hydrogen) atoms. The molecule has 1 heterocycles. The van der Waals surface area contributed by atoms with Crippen molar-refractivity contribution in [1.29, 1.82) is 0 Å². The number of carbonyl (C=O) groups is 1. The van der Waals surface area contributed by atoms with Crippen molar-refractivity contribution in [3.63, 3.8) is 0 Å². The fraction of sp³-hybridized carbons (Fsp3) is 0.333. The van der Waals surface area contributed by atoms with E-state index in [1.165, 1.54) is 0 Å². The standard InChI is InChI=1S/C15H19N3O3/c1-10-8-14(18-21-10)17-15(19)9-16-11(2)12-6-4-5-7-13(12)20-3/h4-8,11,16H,9H2,1-3H3,(H,17,18,19)/p+1/t11-/m0/s1. The van der Waals surface area contributed by atoms with E-state index < -0.39 is 0 Å². The number of methoxy groups -OCH3 is 1. The summed E-state index contributed by atoms with van der Waals surface area (Å²) < 4.78 is 10.2. The maximum absolute atomic E-state index is 11.9. The highest BCUT2D eigenvalue weighted by atomic mass is 16.5. The molecule has 0 aliphatic heterocycles. The number of aryl methyl sites for hydroxylation is 1. The number of hydrogen-bond donors (Lipinski definition) is 2. The number of para-hydroxylation sites is 1. The maximum atomic E-state index is 11.9. The summed E-state index contributed by atoms with van der Waals surface area (Å²) in [6, 6.07) is 9.60. The van der Waals surface area contributed by atoms with Gasteiger partial charge in [0, 0.05) is 6.07 Å². The van der Waals surface area contributed by atoms with E-state index in [1.54, 1.807) is 20.1 Å². The van der Waals surface area contributed by atoms with Crippen molar-refractivity contribution in [2.45, 2.75) is 19.9 Å². The number of benzene rings is 1. The zero-order valence-corrected chi connectivity index (χ0v) is 12.4. The molecule has 0 unspecified atom stereocenters. The third-order valence-corrected chi connectivity index (χ3v) is 3.18. The molecule has 3 N–H and O–H groups in total. The highest BCUT2D eigenvalue weighted by molar-refractivity contribution is 5.90. The van der Waals surface area contributed by atoms with E-state index in [-0.39, 0.29) is 11.9 Å². The second kappa shape index (κ2) is 6.90. The van der Waals surface area contributed by atoms with Crippen molar-refractivity contribution in [1.82, 2.24) is 5.16 Å². The fourth-order valence-electron chi connectivity index (χ4n) is 2.07. The SMILES string of the molecule is COc1ccccc1[C@H](C)[NH2+]CC(=O)Nc1cc(C)on1. The minimum absolute atomic E-state index is 0.117. The van der Waals surface area contributed by atoms with Crippen LogP contribution in [0, 0.1) is 6.92 Å². The minimum atomic E-state index is -0.120. The van der Waals surface area contributed by atoms with Gasteiger partial charge in [-0.1, -0.05) is 17.3 Å². The lowest BCUT2D eigenvalue weighted by Gasteiger charge is -2.14. The van der Waals surface area contributed by atoms with Crippen LogP contribution in [0.1, 0.15) is 24.3 Å². The van der Waals surface area contributed by atoms with E-state index in [0.29, 0.717) is 18.1 Å². The van der Waals surface area contributed by atoms with Gasteiger partial charge < -0.3 is 19.9 Å². The first-order valence-corrected chi connectivity index (χ1v) is 6.79. The van der Waals surface area contributed by atoms with Crippen molar-refractivity contribution < 1.29 is 19.4 Å². The van der Waals surface area contributed by atoms with Crippen LogP contribution in [0.4, 0.5) is 5.82 Å². The third-order valence-electron chi connectivity index (χ3n) is 3.18. The molecule has 1 atom stereocenters. The summed E-state index contributed by atoms with van der Waals surface area (Å²) in [4.78, 5) is 11.9. The summed E-state index contributed by atoms with van der Waals surface area (Å²) in [5.74, 6) is 1.81. The van der Waals surface area contributed by atoms with E-state index in [0.717, 1.165) is 11.3 Å². The van der Waals surface area contributed by atoms with E-state index in [9.17, 15) is 4.79 Å². The van der Waals surface area contributed by atoms with Gasteiger partial charge in [0.05, 0.1) is 12.7 Å². The monoisotopic (exact) mass is 290 g/mol. The zero-order valence-electron chi connectivity index (χ0n) is 12.4. The summed E-state index contributed by atoms with van der Waals surface area (Å²) in [5.41, 5.74) is 1.06. The summed E-state index contributed by atoms with van der Waals surface area (Å²) in [5, 5.41) is 8.36. The molecule has 0 bridgehead atoms. The van der Waals surface area contributed by atoms with Gasteiger partial charge >= 0.3 is 0 Å². The van der Waals surface area contributed by atoms with Gasteiger partial charge in [-0.3, -0.25) is 4.79 Å². The van der Waals surface area contributed by atoms with Crippen LogP contribution >= 0.6 is 0 Å². The Kier molecular flexibility index (Phi) is 4.94. The largest absolute Gasteiger partial charge is 0.496 e. The number of ether oxygens (including phenoxy) is 1. The number of carbonyl (C=O) groups excluding carboxylic acids is 1. The van der Waals surface area contributed by atoms with Crippen molar-refractivity contribution in [2.75, 3.05) is 19.0 Å². The molecule has 0 aliphatic carbocycles. The van der Waals surface area contributed by atoms with Gasteiger partial charge in [0.15, 0.2) is 12.4 Å². The molecule has 0 radical (unpaired) electrons. The van der Waals surface area contributed by atoms with Crippen LogP contribution in [0.5, 0.6) is 5.75 Å². The first-order chi connectivity index (χ1) is 10.1. The van der Waals surface area contributed by atoms with Crippen LogP contribution in [-0.4, -0.2) is 24.7 Å². The Morgan fingerprint density at radius 1 is 1.48 bits per heavy atom. The molecule has 2 rings (SSSR count). The van der Waals surface area contributed by atoms with Crippen molar-refractivity contribution in [2.24, 2.45) is 0 Å². The molecular formula is C15H20N3O3+. The number of nitrogens with two attached hydrogens (primary N) is 1. The van der Waals surface area contributed by atoms with Crippen LogP contribution in [0.15, 0.2) is 34.9 Å². The molecule has 112 valence electrons. The minimum Gasteiger partial charge on any atom is -0.496 e. The lowest BCUT2D eigenvalue weighted by molar-refractivity contribution is -0.682. The molecule has 2 aromatic rings. The molecular weight excluding hydrogens is 270 g/mol. The van der Waals surface area contributed by atoms with Gasteiger partial charge in [-0.25, -0.2) is 0 Å². The average Bonchev–Trinajstić information content (AvgIpc) is 2.89. The molecule has 0 fully saturated rings. The second-order valence-electron chi connectivity index (χ2n) is 4.84. The summed E-state index contributed by atoms with van der Waals surface area (Å²) in [6.07, 6.45) is 0. The topological polar surface area (TPSA) is 81.0 Å². The first kappa shape index (κ1) is 15.1. The van der Waals surface area contributed by atoms with E-state index in [4.69, 9.17) is 9.26 Å². The Morgan fingerprint density at radius 3 is 2.90 bits per heavy atom. The molecule has 1 amide bonds. The number of amides is 1. The van der Waals surface area contributed by atoms with Gasteiger partial charge in [0.2, 0.25) is 0 Å². The zero-order chi connectivity index (χ0) is 15.2. The Bertz CT molecular complexity index is 610. The summed E-state index contributed by atoms with van der Waals surface area (Å²) in [7, 11) is 1.64. The highest BCUT2D eigenvalue weighted by Gasteiger charge is 2.16. The van der Waals surface area contributed by atoms with Gasteiger partial charge in [0.25, 0.3) is 5.91 Å². The molecule has 6 nitrogen and oxygen atoms in total. The molecule has 0 spiro atoms. The average molecular weight is 290 g/mol. The maximum Gasteiger partial charge on any atom is 0.280 e. The normalized spacial score (nSPS) is 12.0.